The van der Waals surface area contributed by atoms with Crippen LogP contribution in [0.5, 0.6) is 0 Å². The van der Waals surface area contributed by atoms with Gasteiger partial charge in [-0.3, -0.25) is 4.79 Å². The van der Waals surface area contributed by atoms with E-state index in [9.17, 15) is 9.59 Å². The number of anilines is 1. The summed E-state index contributed by atoms with van der Waals surface area (Å²) in [6.45, 7) is 4.00. The van der Waals surface area contributed by atoms with Crippen molar-refractivity contribution in [1.29, 1.82) is 0 Å². The van der Waals surface area contributed by atoms with Crippen LogP contribution < -0.4 is 5.73 Å². The van der Waals surface area contributed by atoms with Gasteiger partial charge in [0.05, 0.1) is 16.3 Å². The first-order chi connectivity index (χ1) is 10.0. The van der Waals surface area contributed by atoms with Crippen LogP contribution in [0, 0.1) is 0 Å². The molecule has 2 aromatic carbocycles. The summed E-state index contributed by atoms with van der Waals surface area (Å²) in [6.07, 6.45) is 0. The number of carbonyl (C=O) groups excluding carboxylic acids is 1. The molecule has 0 heterocycles. The van der Waals surface area contributed by atoms with Crippen molar-refractivity contribution in [3.05, 3.63) is 64.2 Å². The summed E-state index contributed by atoms with van der Waals surface area (Å²) in [5.74, 6) is -1.55. The van der Waals surface area contributed by atoms with Crippen molar-refractivity contribution in [2.75, 3.05) is 5.73 Å². The molecule has 0 bridgehead atoms. The van der Waals surface area contributed by atoms with Gasteiger partial charge in [-0.1, -0.05) is 43.6 Å². The molecule has 21 heavy (non-hydrogen) atoms. The van der Waals surface area contributed by atoms with Crippen LogP contribution in [0.15, 0.2) is 42.5 Å². The maximum atomic E-state index is 12.3. The maximum Gasteiger partial charge on any atom is 0.336 e. The zero-order valence-corrected chi connectivity index (χ0v) is 12.5. The van der Waals surface area contributed by atoms with Gasteiger partial charge in [-0.05, 0) is 24.3 Å². The number of aromatic carboxylic acids is 1. The second-order valence-corrected chi connectivity index (χ2v) is 4.32. The number of halogens is 1. The Hall–Kier alpha value is -2.33. The van der Waals surface area contributed by atoms with E-state index < -0.39 is 11.8 Å². The number of nitrogens with two attached hydrogens (primary N) is 1. The summed E-state index contributed by atoms with van der Waals surface area (Å²) >= 11 is 5.78. The lowest BCUT2D eigenvalue weighted by Crippen LogP contribution is -2.09. The van der Waals surface area contributed by atoms with Gasteiger partial charge >= 0.3 is 5.97 Å². The minimum absolute atomic E-state index is 0.0407. The number of benzene rings is 2. The van der Waals surface area contributed by atoms with Gasteiger partial charge in [-0.2, -0.15) is 0 Å². The van der Waals surface area contributed by atoms with Crippen molar-refractivity contribution in [3.8, 4) is 0 Å². The fourth-order valence-corrected chi connectivity index (χ4v) is 1.83. The van der Waals surface area contributed by atoms with E-state index in [0.717, 1.165) is 0 Å². The molecular weight excluding hydrogens is 290 g/mol. The fraction of sp³-hybridized carbons (Fsp3) is 0.125. The molecule has 2 rings (SSSR count). The number of rotatable bonds is 3. The van der Waals surface area contributed by atoms with Gasteiger partial charge < -0.3 is 10.8 Å². The van der Waals surface area contributed by atoms with E-state index in [2.05, 4.69) is 0 Å². The third-order valence-corrected chi connectivity index (χ3v) is 3.00. The summed E-state index contributed by atoms with van der Waals surface area (Å²) in [6, 6.07) is 10.5. The van der Waals surface area contributed by atoms with Gasteiger partial charge in [-0.15, -0.1) is 0 Å². The van der Waals surface area contributed by atoms with Crippen LogP contribution in [0.3, 0.4) is 0 Å². The zero-order chi connectivity index (χ0) is 16.0. The van der Waals surface area contributed by atoms with Crippen LogP contribution in [0.1, 0.15) is 40.1 Å². The van der Waals surface area contributed by atoms with Crippen molar-refractivity contribution >= 4 is 29.0 Å². The highest BCUT2D eigenvalue weighted by molar-refractivity contribution is 6.33. The first kappa shape index (κ1) is 16.7. The smallest absolute Gasteiger partial charge is 0.336 e. The second kappa shape index (κ2) is 7.45. The highest BCUT2D eigenvalue weighted by Gasteiger charge is 2.17. The van der Waals surface area contributed by atoms with Gasteiger partial charge in [-0.25, -0.2) is 4.79 Å². The lowest BCUT2D eigenvalue weighted by atomic mass is 9.98. The Balaban J connectivity index is 0.00000106. The number of carbonyl (C=O) groups is 2. The topological polar surface area (TPSA) is 80.4 Å². The van der Waals surface area contributed by atoms with E-state index in [4.69, 9.17) is 22.4 Å². The van der Waals surface area contributed by atoms with Crippen molar-refractivity contribution in [1.82, 2.24) is 0 Å². The first-order valence-electron chi connectivity index (χ1n) is 6.42. The van der Waals surface area contributed by atoms with E-state index in [1.807, 2.05) is 13.8 Å². The molecule has 0 aliphatic carbocycles. The predicted octanol–water partition coefficient (Wildman–Crippen LogP) is 3.88. The predicted molar refractivity (Wildman–Crippen MR) is 84.0 cm³/mol. The maximum absolute atomic E-state index is 12.3. The van der Waals surface area contributed by atoms with Crippen LogP contribution >= 0.6 is 11.6 Å². The molecule has 0 saturated carbocycles. The minimum atomic E-state index is -1.15. The number of hydrogen-bond donors (Lipinski definition) is 2. The number of hydrogen-bond acceptors (Lipinski definition) is 3. The van der Waals surface area contributed by atoms with Crippen LogP contribution in [-0.2, 0) is 0 Å². The standard InChI is InChI=1S/C14H10ClNO3.C2H6/c15-11-6-5-8(7-12(11)16)13(17)9-3-1-2-4-10(9)14(18)19;1-2/h1-7H,16H2,(H,18,19);1-2H3. The van der Waals surface area contributed by atoms with Crippen LogP contribution in [0.2, 0.25) is 5.02 Å². The van der Waals surface area contributed by atoms with E-state index >= 15 is 0 Å². The van der Waals surface area contributed by atoms with Gasteiger partial charge in [0.15, 0.2) is 5.78 Å². The third kappa shape index (κ3) is 3.83. The third-order valence-electron chi connectivity index (χ3n) is 2.66. The summed E-state index contributed by atoms with van der Waals surface area (Å²) in [5.41, 5.74) is 6.29. The van der Waals surface area contributed by atoms with E-state index in [1.54, 1.807) is 12.1 Å². The number of nitrogen functional groups attached to an aromatic ring is 1. The molecule has 3 N–H and O–H groups in total. The van der Waals surface area contributed by atoms with Gasteiger partial charge in [0, 0.05) is 11.1 Å². The molecule has 0 amide bonds. The number of carboxylic acid groups (broad SMARTS) is 1. The molecule has 0 spiro atoms. The Kier molecular flexibility index (Phi) is 5.93. The Morgan fingerprint density at radius 2 is 1.62 bits per heavy atom. The van der Waals surface area contributed by atoms with Crippen molar-refractivity contribution in [2.24, 2.45) is 0 Å². The first-order valence-corrected chi connectivity index (χ1v) is 6.80. The average molecular weight is 306 g/mol. The van der Waals surface area contributed by atoms with Crippen LogP contribution in [-0.4, -0.2) is 16.9 Å². The Bertz CT molecular complexity index is 668. The summed E-state index contributed by atoms with van der Waals surface area (Å²) in [7, 11) is 0. The highest BCUT2D eigenvalue weighted by atomic mass is 35.5. The zero-order valence-electron chi connectivity index (χ0n) is 11.8. The quantitative estimate of drug-likeness (QED) is 0.666. The highest BCUT2D eigenvalue weighted by Crippen LogP contribution is 2.22. The Labute approximate surface area is 128 Å². The second-order valence-electron chi connectivity index (χ2n) is 3.92. The van der Waals surface area contributed by atoms with E-state index in [0.29, 0.717) is 10.6 Å². The van der Waals surface area contributed by atoms with Gasteiger partial charge in [0.25, 0.3) is 0 Å². The Morgan fingerprint density at radius 1 is 1.05 bits per heavy atom. The average Bonchev–Trinajstić information content (AvgIpc) is 2.51. The molecule has 0 radical (unpaired) electrons. The van der Waals surface area contributed by atoms with E-state index in [-0.39, 0.29) is 16.8 Å². The molecule has 2 aromatic rings. The number of ketones is 1. The molecule has 4 nitrogen and oxygen atoms in total. The summed E-state index contributed by atoms with van der Waals surface area (Å²) < 4.78 is 0. The largest absolute Gasteiger partial charge is 0.478 e. The molecule has 5 heteroatoms. The monoisotopic (exact) mass is 305 g/mol. The minimum Gasteiger partial charge on any atom is -0.478 e. The molecule has 0 aromatic heterocycles. The normalized spacial score (nSPS) is 9.48. The molecule has 0 saturated heterocycles. The SMILES string of the molecule is CC.Nc1cc(C(=O)c2ccccc2C(=O)O)ccc1Cl. The molecule has 0 aliphatic rings. The van der Waals surface area contributed by atoms with Crippen LogP contribution in [0.25, 0.3) is 0 Å². The molecule has 110 valence electrons. The van der Waals surface area contributed by atoms with Gasteiger partial charge in [0.2, 0.25) is 0 Å². The summed E-state index contributed by atoms with van der Waals surface area (Å²) in [5, 5.41) is 9.41. The van der Waals surface area contributed by atoms with Crippen molar-refractivity contribution < 1.29 is 14.7 Å². The lowest BCUT2D eigenvalue weighted by Gasteiger charge is -2.06. The number of carboxylic acids is 1. The van der Waals surface area contributed by atoms with Gasteiger partial charge in [0.1, 0.15) is 0 Å². The molecular formula is C16H16ClNO3. The molecule has 0 aliphatic heterocycles. The molecule has 0 unspecified atom stereocenters. The van der Waals surface area contributed by atoms with Crippen molar-refractivity contribution in [3.63, 3.8) is 0 Å². The van der Waals surface area contributed by atoms with Crippen LogP contribution in [0.4, 0.5) is 5.69 Å². The lowest BCUT2D eigenvalue weighted by molar-refractivity contribution is 0.0693. The summed E-state index contributed by atoms with van der Waals surface area (Å²) in [4.78, 5) is 23.4. The Morgan fingerprint density at radius 3 is 2.14 bits per heavy atom. The van der Waals surface area contributed by atoms with Crippen molar-refractivity contribution in [2.45, 2.75) is 13.8 Å². The fourth-order valence-electron chi connectivity index (χ4n) is 1.71. The molecule has 0 atom stereocenters. The molecule has 0 fully saturated rings. The van der Waals surface area contributed by atoms with E-state index in [1.165, 1.54) is 30.3 Å².